The van der Waals surface area contributed by atoms with Gasteiger partial charge in [0.25, 0.3) is 0 Å². The van der Waals surface area contributed by atoms with E-state index in [1.54, 1.807) is 12.2 Å². The van der Waals surface area contributed by atoms with Crippen LogP contribution in [0.5, 0.6) is 0 Å². The van der Waals surface area contributed by atoms with Gasteiger partial charge in [-0.1, -0.05) is 44.1 Å². The second kappa shape index (κ2) is 11.8. The van der Waals surface area contributed by atoms with Crippen LogP contribution in [0.3, 0.4) is 0 Å². The van der Waals surface area contributed by atoms with Gasteiger partial charge in [0, 0.05) is 26.2 Å². The predicted molar refractivity (Wildman–Crippen MR) is 118 cm³/mol. The van der Waals surface area contributed by atoms with Crippen LogP contribution >= 0.6 is 0 Å². The molecule has 4 unspecified atom stereocenters. The van der Waals surface area contributed by atoms with E-state index in [0.717, 1.165) is 19.3 Å². The van der Waals surface area contributed by atoms with Crippen molar-refractivity contribution < 1.29 is 33.4 Å². The Hall–Kier alpha value is -2.70. The van der Waals surface area contributed by atoms with Crippen molar-refractivity contribution in [2.24, 2.45) is 11.8 Å². The summed E-state index contributed by atoms with van der Waals surface area (Å²) in [5.41, 5.74) is -0.702. The van der Waals surface area contributed by atoms with Crippen molar-refractivity contribution in [1.29, 1.82) is 0 Å². The molecule has 7 heteroatoms. The van der Waals surface area contributed by atoms with Crippen LogP contribution in [0, 0.1) is 11.8 Å². The molecule has 0 saturated carbocycles. The zero-order chi connectivity index (χ0) is 23.7. The topological polar surface area (TPSA) is 96.0 Å². The Morgan fingerprint density at radius 1 is 1.16 bits per heavy atom. The lowest BCUT2D eigenvalue weighted by Crippen LogP contribution is -2.47. The zero-order valence-electron chi connectivity index (χ0n) is 19.4. The Morgan fingerprint density at radius 2 is 1.91 bits per heavy atom. The monoisotopic (exact) mass is 446 g/mol. The molecule has 0 aromatic heterocycles. The number of carbonyl (C=O) groups excluding carboxylic acids is 4. The van der Waals surface area contributed by atoms with Gasteiger partial charge in [0.1, 0.15) is 6.10 Å². The van der Waals surface area contributed by atoms with E-state index < -0.39 is 41.4 Å². The van der Waals surface area contributed by atoms with Gasteiger partial charge in [-0.05, 0) is 37.3 Å². The molecular formula is C25H34O7. The molecule has 32 heavy (non-hydrogen) atoms. The number of hydrogen-bond acceptors (Lipinski definition) is 7. The molecule has 2 rings (SSSR count). The van der Waals surface area contributed by atoms with Gasteiger partial charge in [0.2, 0.25) is 5.60 Å². The first-order valence-electron chi connectivity index (χ1n) is 11.3. The van der Waals surface area contributed by atoms with E-state index in [1.807, 2.05) is 12.2 Å². The number of rotatable bonds is 12. The maximum Gasteiger partial charge on any atom is 0.305 e. The average molecular weight is 447 g/mol. The van der Waals surface area contributed by atoms with Gasteiger partial charge in [-0.25, -0.2) is 0 Å². The van der Waals surface area contributed by atoms with Gasteiger partial charge in [-0.15, -0.1) is 0 Å². The quantitative estimate of drug-likeness (QED) is 0.193. The van der Waals surface area contributed by atoms with Gasteiger partial charge in [-0.2, -0.15) is 0 Å². The number of fused-ring (bicyclic) bond motifs is 2. The van der Waals surface area contributed by atoms with Crippen LogP contribution in [0.1, 0.15) is 65.7 Å². The smallest absolute Gasteiger partial charge is 0.305 e. The summed E-state index contributed by atoms with van der Waals surface area (Å²) in [7, 11) is 1.29. The van der Waals surface area contributed by atoms with Crippen molar-refractivity contribution in [2.45, 2.75) is 77.4 Å². The summed E-state index contributed by atoms with van der Waals surface area (Å²) in [4.78, 5) is 48.5. The normalized spacial score (nSPS) is 24.9. The summed E-state index contributed by atoms with van der Waals surface area (Å²) in [5.74, 6) is -2.75. The van der Waals surface area contributed by atoms with E-state index >= 15 is 0 Å². The zero-order valence-corrected chi connectivity index (χ0v) is 19.4. The second-order valence-electron chi connectivity index (χ2n) is 8.28. The van der Waals surface area contributed by atoms with Crippen LogP contribution in [0.25, 0.3) is 0 Å². The lowest BCUT2D eigenvalue weighted by Gasteiger charge is -2.35. The highest BCUT2D eigenvalue weighted by atomic mass is 16.6. The SMILES string of the molecule is CCCCCC=CCC1=CC2C(=O)C1(OC(C)=O)C=CC2C(CCC(=O)OC)OC(C)=O. The second-order valence-corrected chi connectivity index (χ2v) is 8.28. The summed E-state index contributed by atoms with van der Waals surface area (Å²) >= 11 is 0. The third-order valence-electron chi connectivity index (χ3n) is 5.89. The van der Waals surface area contributed by atoms with E-state index in [9.17, 15) is 19.2 Å². The van der Waals surface area contributed by atoms with Crippen molar-refractivity contribution in [3.8, 4) is 0 Å². The van der Waals surface area contributed by atoms with E-state index in [0.29, 0.717) is 12.0 Å². The molecule has 4 atom stereocenters. The van der Waals surface area contributed by atoms with Crippen LogP contribution in [0.2, 0.25) is 0 Å². The molecule has 0 saturated heterocycles. The van der Waals surface area contributed by atoms with E-state index in [2.05, 4.69) is 13.0 Å². The maximum atomic E-state index is 13.4. The van der Waals surface area contributed by atoms with Crippen molar-refractivity contribution in [1.82, 2.24) is 0 Å². The highest BCUT2D eigenvalue weighted by Gasteiger charge is 2.56. The van der Waals surface area contributed by atoms with Crippen LogP contribution in [-0.2, 0) is 33.4 Å². The van der Waals surface area contributed by atoms with Crippen LogP contribution < -0.4 is 0 Å². The molecule has 0 N–H and O–H groups in total. The Morgan fingerprint density at radius 3 is 2.53 bits per heavy atom. The highest BCUT2D eigenvalue weighted by Crippen LogP contribution is 2.46. The summed E-state index contributed by atoms with van der Waals surface area (Å²) in [5, 5.41) is 0. The van der Waals surface area contributed by atoms with Crippen LogP contribution in [0.15, 0.2) is 36.0 Å². The summed E-state index contributed by atoms with van der Waals surface area (Å²) in [6, 6.07) is 0. The van der Waals surface area contributed by atoms with Gasteiger partial charge >= 0.3 is 17.9 Å². The molecule has 0 aromatic rings. The summed E-state index contributed by atoms with van der Waals surface area (Å²) in [6.45, 7) is 4.73. The predicted octanol–water partition coefficient (Wildman–Crippen LogP) is 4.01. The molecule has 2 bridgehead atoms. The Bertz CT molecular complexity index is 807. The van der Waals surface area contributed by atoms with Gasteiger partial charge in [0.15, 0.2) is 5.78 Å². The van der Waals surface area contributed by atoms with E-state index in [1.165, 1.54) is 27.4 Å². The average Bonchev–Trinajstić information content (AvgIpc) is 2.89. The molecule has 0 spiro atoms. The van der Waals surface area contributed by atoms with Crippen LogP contribution in [-0.4, -0.2) is 42.5 Å². The molecule has 0 heterocycles. The fourth-order valence-corrected chi connectivity index (χ4v) is 4.36. The lowest BCUT2D eigenvalue weighted by molar-refractivity contribution is -0.160. The number of ether oxygens (including phenoxy) is 3. The van der Waals surface area contributed by atoms with Gasteiger partial charge in [-0.3, -0.25) is 19.2 Å². The summed E-state index contributed by atoms with van der Waals surface area (Å²) in [6.07, 6.45) is 13.8. The molecule has 2 aliphatic carbocycles. The van der Waals surface area contributed by atoms with Crippen molar-refractivity contribution in [3.05, 3.63) is 36.0 Å². The van der Waals surface area contributed by atoms with E-state index in [4.69, 9.17) is 14.2 Å². The Kier molecular flexibility index (Phi) is 9.42. The van der Waals surface area contributed by atoms with Crippen molar-refractivity contribution in [2.75, 3.05) is 7.11 Å². The standard InChI is InChI=1S/C25H34O7/c1-5-6-7-8-9-10-11-19-16-21-20(14-15-25(19,24(21)29)32-18(3)27)22(31-17(2)26)12-13-23(28)30-4/h9-10,14-16,20-22H,5-8,11-13H2,1-4H3. The first-order chi connectivity index (χ1) is 15.2. The van der Waals surface area contributed by atoms with E-state index in [-0.39, 0.29) is 18.6 Å². The molecule has 0 radical (unpaired) electrons. The number of unbranched alkanes of at least 4 members (excludes halogenated alkanes) is 3. The van der Waals surface area contributed by atoms with Crippen molar-refractivity contribution in [3.63, 3.8) is 0 Å². The molecule has 0 fully saturated rings. The molecule has 0 aromatic carbocycles. The van der Waals surface area contributed by atoms with Crippen molar-refractivity contribution >= 4 is 23.7 Å². The number of methoxy groups -OCH3 is 1. The van der Waals surface area contributed by atoms with Gasteiger partial charge < -0.3 is 14.2 Å². The Balaban J connectivity index is 2.27. The molecule has 7 nitrogen and oxygen atoms in total. The molecule has 2 aliphatic rings. The lowest BCUT2D eigenvalue weighted by atomic mass is 9.76. The minimum atomic E-state index is -1.41. The fourth-order valence-electron chi connectivity index (χ4n) is 4.36. The largest absolute Gasteiger partial charge is 0.469 e. The van der Waals surface area contributed by atoms with Gasteiger partial charge in [0.05, 0.1) is 13.0 Å². The number of ketones is 1. The number of hydrogen-bond donors (Lipinski definition) is 0. The number of esters is 3. The number of allylic oxidation sites excluding steroid dienone is 3. The molecular weight excluding hydrogens is 412 g/mol. The van der Waals surface area contributed by atoms with Crippen LogP contribution in [0.4, 0.5) is 0 Å². The number of Topliss-reactive ketones (excluding diaryl/α,β-unsaturated/α-hetero) is 1. The maximum absolute atomic E-state index is 13.4. The molecule has 0 amide bonds. The fraction of sp³-hybridized carbons (Fsp3) is 0.600. The molecule has 176 valence electrons. The minimum absolute atomic E-state index is 0.0614. The molecule has 0 aliphatic heterocycles. The minimum Gasteiger partial charge on any atom is -0.469 e. The highest BCUT2D eigenvalue weighted by molar-refractivity contribution is 6.02. The first kappa shape index (κ1) is 25.6. The first-order valence-corrected chi connectivity index (χ1v) is 11.3. The third kappa shape index (κ3) is 6.17. The summed E-state index contributed by atoms with van der Waals surface area (Å²) < 4.78 is 15.7. The number of carbonyl (C=O) groups is 4. The third-order valence-corrected chi connectivity index (χ3v) is 5.89. The Labute approximate surface area is 189 Å².